The zero-order valence-electron chi connectivity index (χ0n) is 11.0. The van der Waals surface area contributed by atoms with E-state index in [4.69, 9.17) is 11.6 Å². The highest BCUT2D eigenvalue weighted by atomic mass is 35.5. The molecule has 3 heteroatoms. The van der Waals surface area contributed by atoms with Crippen LogP contribution >= 0.6 is 11.6 Å². The SMILES string of the molecule is CC[C@H]1CNc2cc(-c3cccc(Cl)n3)ccc2C1. The number of hydrogen-bond donors (Lipinski definition) is 1. The lowest BCUT2D eigenvalue weighted by Crippen LogP contribution is -2.22. The van der Waals surface area contributed by atoms with E-state index in [1.165, 1.54) is 24.1 Å². The summed E-state index contributed by atoms with van der Waals surface area (Å²) < 4.78 is 0. The van der Waals surface area contributed by atoms with E-state index in [0.717, 1.165) is 23.7 Å². The monoisotopic (exact) mass is 272 g/mol. The van der Waals surface area contributed by atoms with Crippen molar-refractivity contribution in [3.05, 3.63) is 47.1 Å². The molecule has 0 spiro atoms. The highest BCUT2D eigenvalue weighted by molar-refractivity contribution is 6.29. The first-order valence-corrected chi connectivity index (χ1v) is 7.14. The van der Waals surface area contributed by atoms with E-state index >= 15 is 0 Å². The van der Waals surface area contributed by atoms with Crippen molar-refractivity contribution in [2.45, 2.75) is 19.8 Å². The second kappa shape index (κ2) is 5.22. The van der Waals surface area contributed by atoms with Crippen LogP contribution in [0.3, 0.4) is 0 Å². The van der Waals surface area contributed by atoms with Crippen LogP contribution in [0.2, 0.25) is 5.15 Å². The Morgan fingerprint density at radius 2 is 2.21 bits per heavy atom. The molecule has 0 saturated carbocycles. The molecule has 1 aromatic carbocycles. The molecular weight excluding hydrogens is 256 g/mol. The van der Waals surface area contributed by atoms with E-state index in [9.17, 15) is 0 Å². The third-order valence-electron chi connectivity index (χ3n) is 3.79. The highest BCUT2D eigenvalue weighted by Crippen LogP contribution is 2.30. The average Bonchev–Trinajstić information content (AvgIpc) is 2.46. The molecule has 1 aromatic heterocycles. The molecule has 2 heterocycles. The molecule has 1 N–H and O–H groups in total. The summed E-state index contributed by atoms with van der Waals surface area (Å²) in [5, 5.41) is 4.06. The van der Waals surface area contributed by atoms with E-state index in [-0.39, 0.29) is 0 Å². The molecule has 1 aliphatic heterocycles. The Kier molecular flexibility index (Phi) is 3.43. The number of anilines is 1. The molecule has 1 atom stereocenters. The van der Waals surface area contributed by atoms with Gasteiger partial charge in [0, 0.05) is 17.8 Å². The van der Waals surface area contributed by atoms with E-state index < -0.39 is 0 Å². The van der Waals surface area contributed by atoms with Crippen molar-refractivity contribution in [3.63, 3.8) is 0 Å². The number of nitrogens with zero attached hydrogens (tertiary/aromatic N) is 1. The standard InChI is InChI=1S/C16H17ClN2/c1-2-11-8-12-6-7-13(9-15(12)18-10-11)14-4-3-5-16(17)19-14/h3-7,9,11,18H,2,8,10H2,1H3/t11-/m1/s1. The van der Waals surface area contributed by atoms with Crippen LogP contribution in [0.4, 0.5) is 5.69 Å². The summed E-state index contributed by atoms with van der Waals surface area (Å²) in [6.45, 7) is 3.32. The van der Waals surface area contributed by atoms with Gasteiger partial charge in [0.05, 0.1) is 5.69 Å². The van der Waals surface area contributed by atoms with Crippen molar-refractivity contribution in [2.75, 3.05) is 11.9 Å². The average molecular weight is 273 g/mol. The number of hydrogen-bond acceptors (Lipinski definition) is 2. The molecule has 0 aliphatic carbocycles. The Hall–Kier alpha value is -1.54. The van der Waals surface area contributed by atoms with Crippen molar-refractivity contribution in [1.29, 1.82) is 0 Å². The lowest BCUT2D eigenvalue weighted by atomic mass is 9.91. The number of pyridine rings is 1. The smallest absolute Gasteiger partial charge is 0.129 e. The predicted octanol–water partition coefficient (Wildman–Crippen LogP) is 4.40. The Morgan fingerprint density at radius 1 is 1.32 bits per heavy atom. The lowest BCUT2D eigenvalue weighted by Gasteiger charge is -2.25. The van der Waals surface area contributed by atoms with Gasteiger partial charge in [0.1, 0.15) is 5.15 Å². The normalized spacial score (nSPS) is 17.7. The molecule has 0 unspecified atom stereocenters. The summed E-state index contributed by atoms with van der Waals surface area (Å²) in [6.07, 6.45) is 2.39. The molecule has 0 radical (unpaired) electrons. The maximum Gasteiger partial charge on any atom is 0.129 e. The van der Waals surface area contributed by atoms with Crippen LogP contribution in [0.15, 0.2) is 36.4 Å². The first-order valence-electron chi connectivity index (χ1n) is 6.76. The molecule has 98 valence electrons. The quantitative estimate of drug-likeness (QED) is 0.820. The fraction of sp³-hybridized carbons (Fsp3) is 0.312. The molecule has 19 heavy (non-hydrogen) atoms. The molecule has 0 bridgehead atoms. The van der Waals surface area contributed by atoms with Crippen LogP contribution in [0.1, 0.15) is 18.9 Å². The van der Waals surface area contributed by atoms with Gasteiger partial charge in [-0.25, -0.2) is 4.98 Å². The van der Waals surface area contributed by atoms with Crippen LogP contribution < -0.4 is 5.32 Å². The number of halogens is 1. The van der Waals surface area contributed by atoms with Crippen LogP contribution in [0.5, 0.6) is 0 Å². The fourth-order valence-corrected chi connectivity index (χ4v) is 2.74. The van der Waals surface area contributed by atoms with Gasteiger partial charge in [-0.1, -0.05) is 43.1 Å². The summed E-state index contributed by atoms with van der Waals surface area (Å²) in [6, 6.07) is 12.3. The van der Waals surface area contributed by atoms with Gasteiger partial charge in [0.2, 0.25) is 0 Å². The summed E-state index contributed by atoms with van der Waals surface area (Å²) in [5.41, 5.74) is 4.69. The summed E-state index contributed by atoms with van der Waals surface area (Å²) in [5.74, 6) is 0.752. The molecule has 2 aromatic rings. The van der Waals surface area contributed by atoms with Crippen molar-refractivity contribution in [1.82, 2.24) is 4.98 Å². The van der Waals surface area contributed by atoms with Gasteiger partial charge in [-0.05, 0) is 36.1 Å². The Labute approximate surface area is 118 Å². The van der Waals surface area contributed by atoms with Crippen molar-refractivity contribution in [2.24, 2.45) is 5.92 Å². The Bertz CT molecular complexity index is 595. The van der Waals surface area contributed by atoms with Crippen molar-refractivity contribution >= 4 is 17.3 Å². The van der Waals surface area contributed by atoms with Gasteiger partial charge in [0.15, 0.2) is 0 Å². The third-order valence-corrected chi connectivity index (χ3v) is 4.00. The molecule has 0 amide bonds. The first kappa shape index (κ1) is 12.5. The van der Waals surface area contributed by atoms with E-state index in [1.54, 1.807) is 6.07 Å². The lowest BCUT2D eigenvalue weighted by molar-refractivity contribution is 0.521. The van der Waals surface area contributed by atoms with Crippen LogP contribution in [0, 0.1) is 5.92 Å². The summed E-state index contributed by atoms with van der Waals surface area (Å²) in [4.78, 5) is 4.36. The van der Waals surface area contributed by atoms with Gasteiger partial charge in [-0.2, -0.15) is 0 Å². The van der Waals surface area contributed by atoms with E-state index in [1.807, 2.05) is 12.1 Å². The van der Waals surface area contributed by atoms with E-state index in [0.29, 0.717) is 5.15 Å². The highest BCUT2D eigenvalue weighted by Gasteiger charge is 2.17. The maximum absolute atomic E-state index is 5.95. The number of rotatable bonds is 2. The van der Waals surface area contributed by atoms with Gasteiger partial charge >= 0.3 is 0 Å². The van der Waals surface area contributed by atoms with Crippen molar-refractivity contribution in [3.8, 4) is 11.3 Å². The third kappa shape index (κ3) is 2.59. The minimum atomic E-state index is 0.536. The minimum absolute atomic E-state index is 0.536. The Balaban J connectivity index is 1.94. The predicted molar refractivity (Wildman–Crippen MR) is 80.7 cm³/mol. The van der Waals surface area contributed by atoms with Gasteiger partial charge in [-0.3, -0.25) is 0 Å². The van der Waals surface area contributed by atoms with Crippen LogP contribution in [-0.2, 0) is 6.42 Å². The second-order valence-corrected chi connectivity index (χ2v) is 5.46. The molecule has 1 aliphatic rings. The number of benzene rings is 1. The van der Waals surface area contributed by atoms with E-state index in [2.05, 4.69) is 35.4 Å². The maximum atomic E-state index is 5.95. The van der Waals surface area contributed by atoms with Crippen LogP contribution in [0.25, 0.3) is 11.3 Å². The Morgan fingerprint density at radius 3 is 3.00 bits per heavy atom. The molecule has 0 fully saturated rings. The molecule has 3 rings (SSSR count). The first-order chi connectivity index (χ1) is 9.26. The van der Waals surface area contributed by atoms with Gasteiger partial charge in [-0.15, -0.1) is 0 Å². The summed E-state index contributed by atoms with van der Waals surface area (Å²) >= 11 is 5.95. The van der Waals surface area contributed by atoms with Gasteiger partial charge < -0.3 is 5.32 Å². The molecular formula is C16H17ClN2. The van der Waals surface area contributed by atoms with Crippen LogP contribution in [-0.4, -0.2) is 11.5 Å². The minimum Gasteiger partial charge on any atom is -0.385 e. The topological polar surface area (TPSA) is 24.9 Å². The van der Waals surface area contributed by atoms with Crippen molar-refractivity contribution < 1.29 is 0 Å². The zero-order valence-corrected chi connectivity index (χ0v) is 11.7. The zero-order chi connectivity index (χ0) is 13.2. The summed E-state index contributed by atoms with van der Waals surface area (Å²) in [7, 11) is 0. The largest absolute Gasteiger partial charge is 0.385 e. The second-order valence-electron chi connectivity index (χ2n) is 5.08. The number of nitrogens with one attached hydrogen (secondary N) is 1. The number of fused-ring (bicyclic) bond motifs is 1. The molecule has 0 saturated heterocycles. The van der Waals surface area contributed by atoms with Gasteiger partial charge in [0.25, 0.3) is 0 Å². The number of aromatic nitrogens is 1. The molecule has 2 nitrogen and oxygen atoms in total. The fourth-order valence-electron chi connectivity index (χ4n) is 2.57.